The molecule has 0 amide bonds. The van der Waals surface area contributed by atoms with Crippen molar-refractivity contribution in [3.05, 3.63) is 18.5 Å². The predicted molar refractivity (Wildman–Crippen MR) is 114 cm³/mol. The highest BCUT2D eigenvalue weighted by Gasteiger charge is 2.65. The summed E-state index contributed by atoms with van der Waals surface area (Å²) in [6, 6.07) is 2.50. The molecule has 3 atom stereocenters. The van der Waals surface area contributed by atoms with E-state index in [0.29, 0.717) is 23.5 Å². The van der Waals surface area contributed by atoms with Crippen LogP contribution in [0.3, 0.4) is 0 Å². The number of guanidine groups is 1. The number of halogens is 1. The van der Waals surface area contributed by atoms with Gasteiger partial charge >= 0.3 is 0 Å². The fraction of sp³-hybridized carbons (Fsp3) is 0.789. The average molecular weight is 473 g/mol. The summed E-state index contributed by atoms with van der Waals surface area (Å²) in [6.45, 7) is 5.71. The van der Waals surface area contributed by atoms with Crippen LogP contribution in [-0.4, -0.2) is 47.6 Å². The van der Waals surface area contributed by atoms with Crippen LogP contribution in [0.2, 0.25) is 0 Å². The molecule has 0 radical (unpaired) electrons. The highest BCUT2D eigenvalue weighted by atomic mass is 127. The lowest BCUT2D eigenvalue weighted by molar-refractivity contribution is -0.125. The van der Waals surface area contributed by atoms with Gasteiger partial charge in [-0.05, 0) is 38.7 Å². The fourth-order valence-electron chi connectivity index (χ4n) is 5.23. The SMILES string of the molecule is CCNC(=NCCCn1cccn1)NC1C2CCOC2C12CCCC2.I. The first kappa shape index (κ1) is 19.9. The zero-order chi connectivity index (χ0) is 17.1. The van der Waals surface area contributed by atoms with Crippen LogP contribution in [0.15, 0.2) is 23.5 Å². The zero-order valence-corrected chi connectivity index (χ0v) is 18.0. The molecule has 2 heterocycles. The first-order valence-electron chi connectivity index (χ1n) is 9.97. The maximum atomic E-state index is 6.09. The van der Waals surface area contributed by atoms with Crippen molar-refractivity contribution in [1.29, 1.82) is 0 Å². The summed E-state index contributed by atoms with van der Waals surface area (Å²) in [4.78, 5) is 4.82. The molecule has 1 aliphatic heterocycles. The molecule has 0 aromatic carbocycles. The third-order valence-electron chi connectivity index (χ3n) is 6.30. The van der Waals surface area contributed by atoms with E-state index in [0.717, 1.165) is 38.6 Å². The van der Waals surface area contributed by atoms with E-state index in [9.17, 15) is 0 Å². The average Bonchev–Trinajstić information content (AvgIpc) is 3.37. The fourth-order valence-corrected chi connectivity index (χ4v) is 5.23. The molecule has 26 heavy (non-hydrogen) atoms. The van der Waals surface area contributed by atoms with E-state index in [2.05, 4.69) is 22.7 Å². The molecule has 0 bridgehead atoms. The molecule has 7 heteroatoms. The largest absolute Gasteiger partial charge is 0.377 e. The number of hydrogen-bond donors (Lipinski definition) is 2. The lowest BCUT2D eigenvalue weighted by Crippen LogP contribution is -2.69. The van der Waals surface area contributed by atoms with E-state index in [4.69, 9.17) is 9.73 Å². The summed E-state index contributed by atoms with van der Waals surface area (Å²) in [5, 5.41) is 11.5. The van der Waals surface area contributed by atoms with Gasteiger partial charge in [0.15, 0.2) is 5.96 Å². The van der Waals surface area contributed by atoms with Crippen molar-refractivity contribution in [2.24, 2.45) is 16.3 Å². The van der Waals surface area contributed by atoms with Crippen LogP contribution in [0.5, 0.6) is 0 Å². The van der Waals surface area contributed by atoms with Gasteiger partial charge in [0.05, 0.1) is 6.10 Å². The van der Waals surface area contributed by atoms with Crippen molar-refractivity contribution in [2.75, 3.05) is 19.7 Å². The maximum Gasteiger partial charge on any atom is 0.191 e. The van der Waals surface area contributed by atoms with Gasteiger partial charge in [0.2, 0.25) is 0 Å². The zero-order valence-electron chi connectivity index (χ0n) is 15.7. The molecule has 3 unspecified atom stereocenters. The van der Waals surface area contributed by atoms with Crippen LogP contribution in [0, 0.1) is 11.3 Å². The minimum Gasteiger partial charge on any atom is -0.377 e. The molecule has 2 saturated carbocycles. The molecule has 3 fully saturated rings. The first-order valence-corrected chi connectivity index (χ1v) is 9.97. The smallest absolute Gasteiger partial charge is 0.191 e. The second-order valence-electron chi connectivity index (χ2n) is 7.69. The van der Waals surface area contributed by atoms with Crippen LogP contribution < -0.4 is 10.6 Å². The molecular formula is C19H32IN5O. The number of ether oxygens (including phenoxy) is 1. The Balaban J connectivity index is 0.00000196. The van der Waals surface area contributed by atoms with Gasteiger partial charge in [-0.25, -0.2) is 0 Å². The van der Waals surface area contributed by atoms with Crippen LogP contribution in [0.4, 0.5) is 0 Å². The monoisotopic (exact) mass is 473 g/mol. The quantitative estimate of drug-likeness (QED) is 0.289. The van der Waals surface area contributed by atoms with E-state index in [1.165, 1.54) is 32.1 Å². The van der Waals surface area contributed by atoms with Gasteiger partial charge in [0, 0.05) is 56.0 Å². The van der Waals surface area contributed by atoms with Crippen molar-refractivity contribution in [3.8, 4) is 0 Å². The van der Waals surface area contributed by atoms with Crippen molar-refractivity contribution < 1.29 is 4.74 Å². The predicted octanol–water partition coefficient (Wildman–Crippen LogP) is 2.79. The molecule has 146 valence electrons. The number of nitrogens with one attached hydrogen (secondary N) is 2. The molecule has 4 rings (SSSR count). The van der Waals surface area contributed by atoms with Crippen LogP contribution >= 0.6 is 24.0 Å². The van der Waals surface area contributed by atoms with Gasteiger partial charge in [-0.2, -0.15) is 5.10 Å². The summed E-state index contributed by atoms with van der Waals surface area (Å²) in [6.07, 6.45) is 11.8. The van der Waals surface area contributed by atoms with Crippen molar-refractivity contribution >= 4 is 29.9 Å². The third-order valence-corrected chi connectivity index (χ3v) is 6.30. The normalized spacial score (nSPS) is 29.1. The minimum atomic E-state index is 0. The summed E-state index contributed by atoms with van der Waals surface area (Å²) in [7, 11) is 0. The Morgan fingerprint density at radius 3 is 2.96 bits per heavy atom. The Morgan fingerprint density at radius 2 is 2.23 bits per heavy atom. The summed E-state index contributed by atoms with van der Waals surface area (Å²) >= 11 is 0. The number of hydrogen-bond acceptors (Lipinski definition) is 3. The lowest BCUT2D eigenvalue weighted by Gasteiger charge is -2.57. The highest BCUT2D eigenvalue weighted by Crippen LogP contribution is 2.60. The summed E-state index contributed by atoms with van der Waals surface area (Å²) in [5.41, 5.74) is 0.367. The molecular weight excluding hydrogens is 441 g/mol. The second-order valence-corrected chi connectivity index (χ2v) is 7.69. The van der Waals surface area contributed by atoms with Gasteiger partial charge < -0.3 is 15.4 Å². The number of nitrogens with zero attached hydrogens (tertiary/aromatic N) is 3. The first-order chi connectivity index (χ1) is 12.3. The molecule has 2 N–H and O–H groups in total. The maximum absolute atomic E-state index is 6.09. The number of fused-ring (bicyclic) bond motifs is 2. The van der Waals surface area contributed by atoms with E-state index in [1.807, 2.05) is 23.1 Å². The van der Waals surface area contributed by atoms with E-state index >= 15 is 0 Å². The van der Waals surface area contributed by atoms with Crippen LogP contribution in [-0.2, 0) is 11.3 Å². The number of aliphatic imine (C=N–C) groups is 1. The second kappa shape index (κ2) is 8.91. The molecule has 1 saturated heterocycles. The Labute approximate surface area is 173 Å². The Morgan fingerprint density at radius 1 is 1.38 bits per heavy atom. The van der Waals surface area contributed by atoms with Gasteiger partial charge in [0.25, 0.3) is 0 Å². The van der Waals surface area contributed by atoms with Gasteiger partial charge in [-0.1, -0.05) is 12.8 Å². The van der Waals surface area contributed by atoms with Crippen molar-refractivity contribution in [1.82, 2.24) is 20.4 Å². The standard InChI is InChI=1S/C19H31N5O.HI/c1-2-20-18(21-10-5-12-24-13-6-11-22-24)23-16-15-7-14-25-17(15)19(16)8-3-4-9-19;/h6,11,13,15-17H,2-5,7-10,12,14H2,1H3,(H2,20,21,23);1H. The van der Waals surface area contributed by atoms with Gasteiger partial charge in [-0.15, -0.1) is 24.0 Å². The van der Waals surface area contributed by atoms with E-state index < -0.39 is 0 Å². The molecule has 1 aromatic heterocycles. The Kier molecular flexibility index (Phi) is 6.82. The molecule has 2 aliphatic carbocycles. The minimum absolute atomic E-state index is 0. The highest BCUT2D eigenvalue weighted by molar-refractivity contribution is 14.0. The lowest BCUT2D eigenvalue weighted by atomic mass is 9.54. The van der Waals surface area contributed by atoms with Gasteiger partial charge in [0.1, 0.15) is 0 Å². The van der Waals surface area contributed by atoms with E-state index in [-0.39, 0.29) is 24.0 Å². The molecule has 6 nitrogen and oxygen atoms in total. The van der Waals surface area contributed by atoms with Crippen LogP contribution in [0.25, 0.3) is 0 Å². The van der Waals surface area contributed by atoms with Crippen molar-refractivity contribution in [3.63, 3.8) is 0 Å². The van der Waals surface area contributed by atoms with Crippen LogP contribution in [0.1, 0.15) is 45.4 Å². The molecule has 3 aliphatic rings. The summed E-state index contributed by atoms with van der Waals surface area (Å²) < 4.78 is 8.06. The number of rotatable bonds is 6. The molecule has 1 spiro atoms. The number of aryl methyl sites for hydroxylation is 1. The Hall–Kier alpha value is -0.830. The number of aromatic nitrogens is 2. The third kappa shape index (κ3) is 3.74. The summed E-state index contributed by atoms with van der Waals surface area (Å²) in [5.74, 6) is 1.65. The molecule has 1 aromatic rings. The Bertz CT molecular complexity index is 585. The topological polar surface area (TPSA) is 63.5 Å². The van der Waals surface area contributed by atoms with Gasteiger partial charge in [-0.3, -0.25) is 9.67 Å². The van der Waals surface area contributed by atoms with Crippen molar-refractivity contribution in [2.45, 2.75) is 64.1 Å². The van der Waals surface area contributed by atoms with E-state index in [1.54, 1.807) is 0 Å².